The Labute approximate surface area is 116 Å². The molecule has 3 aromatic rings. The van der Waals surface area contributed by atoms with Crippen molar-refractivity contribution in [2.75, 3.05) is 0 Å². The molecule has 0 N–H and O–H groups in total. The third kappa shape index (κ3) is 2.90. The Morgan fingerprint density at radius 2 is 1.25 bits per heavy atom. The van der Waals surface area contributed by atoms with E-state index in [0.717, 1.165) is 11.1 Å². The summed E-state index contributed by atoms with van der Waals surface area (Å²) in [5.41, 5.74) is 1.65. The second-order valence-electron chi connectivity index (χ2n) is 3.87. The molecule has 0 saturated carbocycles. The third-order valence-corrected chi connectivity index (χ3v) is 2.41. The van der Waals surface area contributed by atoms with E-state index >= 15 is 0 Å². The summed E-state index contributed by atoms with van der Waals surface area (Å²) in [6.45, 7) is 7.55. The molecule has 3 rings (SSSR count). The largest absolute Gasteiger partial charge is 0.334 e. The molecule has 2 heterocycles. The van der Waals surface area contributed by atoms with Crippen molar-refractivity contribution in [3.63, 3.8) is 0 Å². The minimum absolute atomic E-state index is 0.477. The molecule has 0 atom stereocenters. The predicted molar refractivity (Wildman–Crippen MR) is 73.8 cm³/mol. The lowest BCUT2D eigenvalue weighted by Crippen LogP contribution is -1.82. The van der Waals surface area contributed by atoms with E-state index in [9.17, 15) is 0 Å². The summed E-state index contributed by atoms with van der Waals surface area (Å²) in [6, 6.07) is 7.53. The quantitative estimate of drug-likeness (QED) is 0.711. The maximum Gasteiger partial charge on any atom is 0.257 e. The van der Waals surface area contributed by atoms with Gasteiger partial charge in [-0.05, 0) is 32.0 Å². The van der Waals surface area contributed by atoms with Gasteiger partial charge in [-0.3, -0.25) is 0 Å². The Bertz CT molecular complexity index is 632. The molecule has 6 heteroatoms. The summed E-state index contributed by atoms with van der Waals surface area (Å²) < 4.78 is 10.2. The maximum absolute atomic E-state index is 5.12. The number of benzene rings is 1. The summed E-state index contributed by atoms with van der Waals surface area (Å²) in [6.07, 6.45) is 0. The molecular weight excluding hydrogens is 256 g/mol. The van der Waals surface area contributed by atoms with E-state index in [-0.39, 0.29) is 0 Å². The van der Waals surface area contributed by atoms with Crippen molar-refractivity contribution in [1.82, 2.24) is 20.3 Å². The monoisotopic (exact) mass is 272 g/mol. The highest BCUT2D eigenvalue weighted by Crippen LogP contribution is 2.24. The zero-order chi connectivity index (χ0) is 14.5. The second kappa shape index (κ2) is 6.10. The normalized spacial score (nSPS) is 10.0. The lowest BCUT2D eigenvalue weighted by Gasteiger charge is -1.97. The van der Waals surface area contributed by atoms with Crippen molar-refractivity contribution in [1.29, 1.82) is 0 Å². The van der Waals surface area contributed by atoms with E-state index in [2.05, 4.69) is 20.3 Å². The van der Waals surface area contributed by atoms with Gasteiger partial charge in [0.15, 0.2) is 11.6 Å². The number of rotatable bonds is 2. The average Bonchev–Trinajstić information content (AvgIpc) is 3.10. The second-order valence-corrected chi connectivity index (χ2v) is 3.87. The van der Waals surface area contributed by atoms with Crippen molar-refractivity contribution in [2.24, 2.45) is 0 Å². The Morgan fingerprint density at radius 3 is 1.60 bits per heavy atom. The van der Waals surface area contributed by atoms with Crippen LogP contribution in [0.4, 0.5) is 0 Å². The first kappa shape index (κ1) is 13.9. The van der Waals surface area contributed by atoms with E-state index in [1.54, 1.807) is 13.8 Å². The maximum atomic E-state index is 5.12. The molecule has 0 unspecified atom stereocenters. The number of hydrogen-bond donors (Lipinski definition) is 0. The summed E-state index contributed by atoms with van der Waals surface area (Å²) in [5, 5.41) is 7.52. The zero-order valence-electron chi connectivity index (χ0n) is 11.9. The molecule has 0 aliphatic carbocycles. The van der Waals surface area contributed by atoms with Crippen LogP contribution < -0.4 is 0 Å². The molecule has 0 radical (unpaired) electrons. The first-order chi connectivity index (χ1) is 9.72. The van der Waals surface area contributed by atoms with Gasteiger partial charge in [-0.15, -0.1) is 0 Å². The van der Waals surface area contributed by atoms with Gasteiger partial charge in [0.05, 0.1) is 0 Å². The molecule has 20 heavy (non-hydrogen) atoms. The van der Waals surface area contributed by atoms with Crippen molar-refractivity contribution < 1.29 is 9.05 Å². The molecule has 0 saturated heterocycles. The van der Waals surface area contributed by atoms with Crippen LogP contribution in [0.2, 0.25) is 0 Å². The molecule has 1 aromatic carbocycles. The number of nitrogens with zero attached hydrogens (tertiary/aromatic N) is 4. The van der Waals surface area contributed by atoms with Gasteiger partial charge in [0, 0.05) is 11.1 Å². The molecule has 0 spiro atoms. The fourth-order valence-corrected chi connectivity index (χ4v) is 1.61. The minimum atomic E-state index is 0.477. The van der Waals surface area contributed by atoms with Gasteiger partial charge < -0.3 is 9.05 Å². The van der Waals surface area contributed by atoms with Crippen LogP contribution in [-0.4, -0.2) is 20.3 Å². The fourth-order valence-electron chi connectivity index (χ4n) is 1.61. The molecule has 0 bridgehead atoms. The predicted octanol–water partition coefficient (Wildman–Crippen LogP) is 3.43. The van der Waals surface area contributed by atoms with Crippen LogP contribution >= 0.6 is 0 Å². The van der Waals surface area contributed by atoms with Crippen molar-refractivity contribution in [3.05, 3.63) is 35.9 Å². The number of aromatic nitrogens is 4. The van der Waals surface area contributed by atoms with Crippen LogP contribution in [0.1, 0.15) is 25.5 Å². The van der Waals surface area contributed by atoms with Gasteiger partial charge >= 0.3 is 0 Å². The van der Waals surface area contributed by atoms with Gasteiger partial charge in [0.2, 0.25) is 0 Å². The first-order valence-electron chi connectivity index (χ1n) is 6.44. The van der Waals surface area contributed by atoms with Crippen LogP contribution in [-0.2, 0) is 0 Å². The Morgan fingerprint density at radius 1 is 0.800 bits per heavy atom. The Hall–Kier alpha value is -2.50. The first-order valence-corrected chi connectivity index (χ1v) is 6.44. The van der Waals surface area contributed by atoms with Crippen LogP contribution in [0.25, 0.3) is 22.9 Å². The van der Waals surface area contributed by atoms with E-state index in [1.165, 1.54) is 0 Å². The van der Waals surface area contributed by atoms with Gasteiger partial charge in [0.25, 0.3) is 11.8 Å². The van der Waals surface area contributed by atoms with Crippen LogP contribution in [0.3, 0.4) is 0 Å². The summed E-state index contributed by atoms with van der Waals surface area (Å²) in [7, 11) is 0. The standard InChI is InChI=1S/C12H10N4O2.C2H6/c1-7-13-11(17-15-7)9-4-3-5-10(6-9)12-14-8(2)16-18-12;1-2/h3-6H,1-2H3;1-2H3. The number of hydrogen-bond acceptors (Lipinski definition) is 6. The van der Waals surface area contributed by atoms with Gasteiger partial charge in [0.1, 0.15) is 0 Å². The van der Waals surface area contributed by atoms with Gasteiger partial charge in [-0.1, -0.05) is 30.2 Å². The molecule has 0 amide bonds. The summed E-state index contributed by atoms with van der Waals surface area (Å²) in [5.74, 6) is 2.16. The topological polar surface area (TPSA) is 77.8 Å². The molecule has 104 valence electrons. The Kier molecular flexibility index (Phi) is 4.24. The fraction of sp³-hybridized carbons (Fsp3) is 0.286. The van der Waals surface area contributed by atoms with Crippen molar-refractivity contribution >= 4 is 0 Å². The van der Waals surface area contributed by atoms with E-state index in [0.29, 0.717) is 23.4 Å². The highest BCUT2D eigenvalue weighted by Gasteiger charge is 2.10. The van der Waals surface area contributed by atoms with E-state index in [1.807, 2.05) is 38.1 Å². The highest BCUT2D eigenvalue weighted by atomic mass is 16.5. The lowest BCUT2D eigenvalue weighted by atomic mass is 10.1. The SMILES string of the molecule is CC.Cc1noc(-c2cccc(-c3nc(C)no3)c2)n1. The van der Waals surface area contributed by atoms with Crippen LogP contribution in [0.15, 0.2) is 33.3 Å². The number of aryl methyl sites for hydroxylation is 2. The average molecular weight is 272 g/mol. The lowest BCUT2D eigenvalue weighted by molar-refractivity contribution is 0.424. The molecule has 6 nitrogen and oxygen atoms in total. The molecule has 0 aliphatic rings. The Balaban J connectivity index is 0.000000704. The molecule has 0 aliphatic heterocycles. The van der Waals surface area contributed by atoms with Gasteiger partial charge in [-0.25, -0.2) is 0 Å². The third-order valence-electron chi connectivity index (χ3n) is 2.41. The highest BCUT2D eigenvalue weighted by molar-refractivity contribution is 5.64. The summed E-state index contributed by atoms with van der Waals surface area (Å²) in [4.78, 5) is 8.35. The smallest absolute Gasteiger partial charge is 0.257 e. The summed E-state index contributed by atoms with van der Waals surface area (Å²) >= 11 is 0. The van der Waals surface area contributed by atoms with Crippen LogP contribution in [0, 0.1) is 13.8 Å². The van der Waals surface area contributed by atoms with Crippen molar-refractivity contribution in [3.8, 4) is 22.9 Å². The van der Waals surface area contributed by atoms with Gasteiger partial charge in [-0.2, -0.15) is 9.97 Å². The van der Waals surface area contributed by atoms with Crippen LogP contribution in [0.5, 0.6) is 0 Å². The van der Waals surface area contributed by atoms with E-state index in [4.69, 9.17) is 9.05 Å². The molecule has 2 aromatic heterocycles. The molecule has 0 fully saturated rings. The van der Waals surface area contributed by atoms with Crippen molar-refractivity contribution in [2.45, 2.75) is 27.7 Å². The molecular formula is C14H16N4O2. The zero-order valence-corrected chi connectivity index (χ0v) is 11.9. The van der Waals surface area contributed by atoms with E-state index < -0.39 is 0 Å². The minimum Gasteiger partial charge on any atom is -0.334 e.